The molecule has 0 bridgehead atoms. The zero-order chi connectivity index (χ0) is 15.1. The lowest BCUT2D eigenvalue weighted by molar-refractivity contribution is 0.404. The molecule has 1 atom stereocenters. The van der Waals surface area contributed by atoms with E-state index in [-0.39, 0.29) is 0 Å². The fraction of sp³-hybridized carbons (Fsp3) is 0.444. The fourth-order valence-corrected chi connectivity index (χ4v) is 3.09. The quantitative estimate of drug-likeness (QED) is 0.444. The number of benzene rings is 1. The maximum absolute atomic E-state index is 6.07. The van der Waals surface area contributed by atoms with Gasteiger partial charge in [0.2, 0.25) is 0 Å². The maximum Gasteiger partial charge on any atom is 0.148 e. The summed E-state index contributed by atoms with van der Waals surface area (Å²) in [7, 11) is 0. The molecule has 0 saturated heterocycles. The third kappa shape index (κ3) is 4.45. The van der Waals surface area contributed by atoms with Crippen LogP contribution in [0, 0.1) is 0 Å². The molecule has 1 aromatic heterocycles. The van der Waals surface area contributed by atoms with E-state index in [0.29, 0.717) is 6.04 Å². The normalized spacial score (nSPS) is 12.7. The van der Waals surface area contributed by atoms with Crippen molar-refractivity contribution in [1.29, 1.82) is 0 Å². The van der Waals surface area contributed by atoms with E-state index in [1.54, 1.807) is 0 Å². The number of fused-ring (bicyclic) bond motifs is 1. The molecule has 0 amide bonds. The van der Waals surface area contributed by atoms with Crippen molar-refractivity contribution in [1.82, 2.24) is 5.32 Å². The third-order valence-corrected chi connectivity index (χ3v) is 4.33. The van der Waals surface area contributed by atoms with Crippen LogP contribution in [0.25, 0.3) is 11.0 Å². The van der Waals surface area contributed by atoms with Crippen LogP contribution in [0.5, 0.6) is 0 Å². The molecule has 1 heterocycles. The lowest BCUT2D eigenvalue weighted by Gasteiger charge is -2.15. The molecule has 1 aromatic carbocycles. The van der Waals surface area contributed by atoms with Crippen LogP contribution in [0.3, 0.4) is 0 Å². The van der Waals surface area contributed by atoms with Crippen LogP contribution in [-0.2, 0) is 0 Å². The minimum Gasteiger partial charge on any atom is -0.458 e. The van der Waals surface area contributed by atoms with E-state index >= 15 is 0 Å². The summed E-state index contributed by atoms with van der Waals surface area (Å²) in [6.07, 6.45) is 7.92. The fourth-order valence-electron chi connectivity index (χ4n) is 2.62. The monoisotopic (exact) mass is 349 g/mol. The van der Waals surface area contributed by atoms with E-state index in [1.807, 2.05) is 18.2 Å². The van der Waals surface area contributed by atoms with Crippen molar-refractivity contribution >= 4 is 26.9 Å². The smallest absolute Gasteiger partial charge is 0.148 e. The molecule has 114 valence electrons. The number of hydrogen-bond acceptors (Lipinski definition) is 2. The van der Waals surface area contributed by atoms with Gasteiger partial charge >= 0.3 is 0 Å². The van der Waals surface area contributed by atoms with Crippen molar-refractivity contribution in [2.45, 2.75) is 45.1 Å². The lowest BCUT2D eigenvalue weighted by Crippen LogP contribution is -2.20. The SMILES string of the molecule is C=CCCCCCC(NCC)c1cc2cccc(Br)c2o1. The molecule has 2 rings (SSSR count). The van der Waals surface area contributed by atoms with Gasteiger partial charge in [0.1, 0.15) is 11.3 Å². The highest BCUT2D eigenvalue weighted by Crippen LogP contribution is 2.31. The van der Waals surface area contributed by atoms with E-state index < -0.39 is 0 Å². The van der Waals surface area contributed by atoms with Gasteiger partial charge in [-0.25, -0.2) is 0 Å². The molecule has 3 heteroatoms. The second-order valence-electron chi connectivity index (χ2n) is 5.34. The van der Waals surface area contributed by atoms with Gasteiger partial charge in [-0.3, -0.25) is 0 Å². The highest BCUT2D eigenvalue weighted by Gasteiger charge is 2.16. The first kappa shape index (κ1) is 16.3. The standard InChI is InChI=1S/C18H24BrNO/c1-3-5-6-7-8-12-16(20-4-2)17-13-14-10-9-11-15(19)18(14)21-17/h3,9-11,13,16,20H,1,4-8,12H2,2H3. The highest BCUT2D eigenvalue weighted by molar-refractivity contribution is 9.10. The molecule has 0 aliphatic carbocycles. The maximum atomic E-state index is 6.07. The lowest BCUT2D eigenvalue weighted by atomic mass is 10.0. The average Bonchev–Trinajstić information content (AvgIpc) is 2.91. The number of nitrogens with one attached hydrogen (secondary N) is 1. The first-order chi connectivity index (χ1) is 10.3. The molecule has 0 radical (unpaired) electrons. The summed E-state index contributed by atoms with van der Waals surface area (Å²) in [4.78, 5) is 0. The Hall–Kier alpha value is -1.06. The van der Waals surface area contributed by atoms with E-state index in [4.69, 9.17) is 4.42 Å². The van der Waals surface area contributed by atoms with Crippen molar-refractivity contribution in [3.05, 3.63) is 47.2 Å². The molecular weight excluding hydrogens is 326 g/mol. The zero-order valence-corrected chi connectivity index (χ0v) is 14.3. The third-order valence-electron chi connectivity index (χ3n) is 3.71. The topological polar surface area (TPSA) is 25.2 Å². The van der Waals surface area contributed by atoms with Crippen LogP contribution in [0.2, 0.25) is 0 Å². The Labute approximate surface area is 135 Å². The van der Waals surface area contributed by atoms with Crippen LogP contribution in [0.4, 0.5) is 0 Å². The summed E-state index contributed by atoms with van der Waals surface area (Å²) in [5.74, 6) is 1.04. The second-order valence-corrected chi connectivity index (χ2v) is 6.20. The van der Waals surface area contributed by atoms with Gasteiger partial charge in [-0.05, 0) is 53.9 Å². The first-order valence-corrected chi connectivity index (χ1v) is 8.57. The highest BCUT2D eigenvalue weighted by atomic mass is 79.9. The first-order valence-electron chi connectivity index (χ1n) is 7.78. The molecule has 0 aliphatic rings. The van der Waals surface area contributed by atoms with Gasteiger partial charge in [-0.15, -0.1) is 6.58 Å². The average molecular weight is 350 g/mol. The van der Waals surface area contributed by atoms with Gasteiger partial charge in [0.15, 0.2) is 0 Å². The van der Waals surface area contributed by atoms with E-state index in [1.165, 1.54) is 19.3 Å². The van der Waals surface area contributed by atoms with E-state index in [2.05, 4.69) is 46.9 Å². The molecule has 1 unspecified atom stereocenters. The Morgan fingerprint density at radius 3 is 2.90 bits per heavy atom. The van der Waals surface area contributed by atoms with Crippen molar-refractivity contribution in [3.63, 3.8) is 0 Å². The summed E-state index contributed by atoms with van der Waals surface area (Å²) >= 11 is 3.56. The van der Waals surface area contributed by atoms with Gasteiger partial charge in [-0.1, -0.05) is 38.0 Å². The minimum atomic E-state index is 0.304. The molecule has 0 aliphatic heterocycles. The number of hydrogen-bond donors (Lipinski definition) is 1. The van der Waals surface area contributed by atoms with Crippen LogP contribution in [-0.4, -0.2) is 6.54 Å². The number of allylic oxidation sites excluding steroid dienone is 1. The summed E-state index contributed by atoms with van der Waals surface area (Å²) in [6.45, 7) is 6.87. The zero-order valence-electron chi connectivity index (χ0n) is 12.7. The number of halogens is 1. The number of unbranched alkanes of at least 4 members (excludes halogenated alkanes) is 3. The predicted molar refractivity (Wildman–Crippen MR) is 93.6 cm³/mol. The van der Waals surface area contributed by atoms with Gasteiger partial charge in [-0.2, -0.15) is 0 Å². The van der Waals surface area contributed by atoms with Crippen molar-refractivity contribution < 1.29 is 4.42 Å². The van der Waals surface area contributed by atoms with Crippen molar-refractivity contribution in [2.24, 2.45) is 0 Å². The Morgan fingerprint density at radius 1 is 1.33 bits per heavy atom. The van der Waals surface area contributed by atoms with Crippen molar-refractivity contribution in [3.8, 4) is 0 Å². The summed E-state index contributed by atoms with van der Waals surface area (Å²) in [5, 5.41) is 4.70. The van der Waals surface area contributed by atoms with Crippen LogP contribution >= 0.6 is 15.9 Å². The molecule has 2 aromatic rings. The van der Waals surface area contributed by atoms with Crippen molar-refractivity contribution in [2.75, 3.05) is 6.54 Å². The second kappa shape index (κ2) is 8.40. The van der Waals surface area contributed by atoms with Gasteiger partial charge in [0.05, 0.1) is 10.5 Å². The number of rotatable bonds is 9. The van der Waals surface area contributed by atoms with Gasteiger partial charge in [0, 0.05) is 5.39 Å². The Balaban J connectivity index is 2.05. The molecule has 0 fully saturated rings. The van der Waals surface area contributed by atoms with E-state index in [9.17, 15) is 0 Å². The molecule has 0 saturated carbocycles. The molecular formula is C18H24BrNO. The Morgan fingerprint density at radius 2 is 2.19 bits per heavy atom. The van der Waals surface area contributed by atoms with Gasteiger partial charge < -0.3 is 9.73 Å². The van der Waals surface area contributed by atoms with Crippen LogP contribution in [0.1, 0.15) is 50.8 Å². The molecule has 0 spiro atoms. The summed E-state index contributed by atoms with van der Waals surface area (Å²) < 4.78 is 7.09. The predicted octanol–water partition coefficient (Wildman–Crippen LogP) is 5.98. The van der Waals surface area contributed by atoms with E-state index in [0.717, 1.165) is 40.6 Å². The largest absolute Gasteiger partial charge is 0.458 e. The Kier molecular flexibility index (Phi) is 6.52. The molecule has 1 N–H and O–H groups in total. The molecule has 2 nitrogen and oxygen atoms in total. The van der Waals surface area contributed by atoms with Crippen LogP contribution in [0.15, 0.2) is 45.8 Å². The summed E-state index contributed by atoms with van der Waals surface area (Å²) in [5.41, 5.74) is 0.946. The summed E-state index contributed by atoms with van der Waals surface area (Å²) in [6, 6.07) is 8.63. The molecule has 21 heavy (non-hydrogen) atoms. The number of para-hydroxylation sites is 1. The minimum absolute atomic E-state index is 0.304. The number of furan rings is 1. The van der Waals surface area contributed by atoms with Crippen LogP contribution < -0.4 is 5.32 Å². The Bertz CT molecular complexity index is 576. The van der Waals surface area contributed by atoms with Gasteiger partial charge in [0.25, 0.3) is 0 Å².